The third-order valence-electron chi connectivity index (χ3n) is 2.96. The van der Waals surface area contributed by atoms with Crippen LogP contribution in [0.1, 0.15) is 23.2 Å². The van der Waals surface area contributed by atoms with Gasteiger partial charge in [-0.2, -0.15) is 0 Å². The third-order valence-corrected chi connectivity index (χ3v) is 2.96. The van der Waals surface area contributed by atoms with E-state index in [2.05, 4.69) is 17.2 Å². The Morgan fingerprint density at radius 3 is 2.62 bits per heavy atom. The average Bonchev–Trinajstić information content (AvgIpc) is 2.58. The van der Waals surface area contributed by atoms with E-state index in [9.17, 15) is 14.4 Å². The summed E-state index contributed by atoms with van der Waals surface area (Å²) in [7, 11) is 1.50. The maximum Gasteiger partial charge on any atom is 0.306 e. The number of hydrogen-bond acceptors (Lipinski definition) is 5. The van der Waals surface area contributed by atoms with Gasteiger partial charge in [0.1, 0.15) is 6.61 Å². The zero-order valence-electron chi connectivity index (χ0n) is 13.7. The zero-order chi connectivity index (χ0) is 17.8. The van der Waals surface area contributed by atoms with E-state index in [1.807, 2.05) is 0 Å². The van der Waals surface area contributed by atoms with Gasteiger partial charge < -0.3 is 20.1 Å². The lowest BCUT2D eigenvalue weighted by Crippen LogP contribution is -2.25. The molecule has 0 aliphatic heterocycles. The Labute approximate surface area is 141 Å². The van der Waals surface area contributed by atoms with Crippen LogP contribution in [0.15, 0.2) is 36.9 Å². The Morgan fingerprint density at radius 1 is 1.17 bits per heavy atom. The highest BCUT2D eigenvalue weighted by Crippen LogP contribution is 2.15. The van der Waals surface area contributed by atoms with Gasteiger partial charge in [0, 0.05) is 20.1 Å². The van der Waals surface area contributed by atoms with Crippen molar-refractivity contribution in [2.45, 2.75) is 12.8 Å². The molecule has 1 aromatic carbocycles. The molecule has 0 saturated carbocycles. The van der Waals surface area contributed by atoms with Gasteiger partial charge in [0.2, 0.25) is 5.91 Å². The molecular formula is C17H22N2O5. The van der Waals surface area contributed by atoms with Gasteiger partial charge in [0.15, 0.2) is 0 Å². The molecule has 0 unspecified atom stereocenters. The quantitative estimate of drug-likeness (QED) is 0.384. The van der Waals surface area contributed by atoms with E-state index in [1.54, 1.807) is 30.3 Å². The molecule has 2 N–H and O–H groups in total. The Kier molecular flexibility index (Phi) is 8.85. The number of hydrogen-bond donors (Lipinski definition) is 2. The fourth-order valence-corrected chi connectivity index (χ4v) is 1.79. The number of esters is 1. The summed E-state index contributed by atoms with van der Waals surface area (Å²) in [5.41, 5.74) is 0.729. The Hall–Kier alpha value is -2.67. The van der Waals surface area contributed by atoms with E-state index in [0.717, 1.165) is 0 Å². The van der Waals surface area contributed by atoms with Crippen LogP contribution in [0.25, 0.3) is 0 Å². The number of ether oxygens (including phenoxy) is 2. The molecule has 1 aromatic rings. The molecule has 2 amide bonds. The zero-order valence-corrected chi connectivity index (χ0v) is 13.7. The number of carbonyl (C=O) groups is 3. The topological polar surface area (TPSA) is 93.7 Å². The number of anilines is 1. The van der Waals surface area contributed by atoms with E-state index in [4.69, 9.17) is 9.47 Å². The maximum absolute atomic E-state index is 12.0. The molecule has 0 heterocycles. The van der Waals surface area contributed by atoms with E-state index in [0.29, 0.717) is 24.4 Å². The molecule has 0 saturated heterocycles. The number of amides is 2. The Bertz CT molecular complexity index is 586. The van der Waals surface area contributed by atoms with Crippen LogP contribution < -0.4 is 10.6 Å². The predicted molar refractivity (Wildman–Crippen MR) is 89.7 cm³/mol. The van der Waals surface area contributed by atoms with Crippen LogP contribution in [-0.2, 0) is 19.1 Å². The van der Waals surface area contributed by atoms with Crippen molar-refractivity contribution < 1.29 is 23.9 Å². The standard InChI is InChI=1S/C17H22N2O5/c1-3-10-18-17(22)13-6-4-5-7-14(13)19-15(20)8-9-16(21)24-12-11-23-2/h3-7H,1,8-12H2,2H3,(H,18,22)(H,19,20). The second-order valence-electron chi connectivity index (χ2n) is 4.81. The molecule has 0 aliphatic carbocycles. The highest BCUT2D eigenvalue weighted by molar-refractivity contribution is 6.04. The summed E-state index contributed by atoms with van der Waals surface area (Å²) in [4.78, 5) is 35.4. The lowest BCUT2D eigenvalue weighted by atomic mass is 10.1. The summed E-state index contributed by atoms with van der Waals surface area (Å²) >= 11 is 0. The van der Waals surface area contributed by atoms with Crippen molar-refractivity contribution in [1.29, 1.82) is 0 Å². The highest BCUT2D eigenvalue weighted by atomic mass is 16.6. The Balaban J connectivity index is 2.53. The average molecular weight is 334 g/mol. The molecule has 24 heavy (non-hydrogen) atoms. The minimum Gasteiger partial charge on any atom is -0.463 e. The van der Waals surface area contributed by atoms with Crippen molar-refractivity contribution >= 4 is 23.5 Å². The van der Waals surface area contributed by atoms with Crippen LogP contribution in [0.5, 0.6) is 0 Å². The highest BCUT2D eigenvalue weighted by Gasteiger charge is 2.13. The molecule has 130 valence electrons. The molecule has 7 nitrogen and oxygen atoms in total. The molecule has 0 fully saturated rings. The van der Waals surface area contributed by atoms with Gasteiger partial charge in [-0.25, -0.2) is 0 Å². The molecule has 0 bridgehead atoms. The predicted octanol–water partition coefficient (Wildman–Crippen LogP) is 1.51. The fraction of sp³-hybridized carbons (Fsp3) is 0.353. The van der Waals surface area contributed by atoms with Gasteiger partial charge in [0.05, 0.1) is 24.3 Å². The first-order valence-corrected chi connectivity index (χ1v) is 7.51. The fourth-order valence-electron chi connectivity index (χ4n) is 1.79. The van der Waals surface area contributed by atoms with Gasteiger partial charge in [-0.3, -0.25) is 14.4 Å². The molecule has 1 rings (SSSR count). The summed E-state index contributed by atoms with van der Waals surface area (Å²) < 4.78 is 9.63. The summed E-state index contributed by atoms with van der Waals surface area (Å²) in [6.45, 7) is 4.32. The van der Waals surface area contributed by atoms with Crippen molar-refractivity contribution in [3.63, 3.8) is 0 Å². The first-order valence-electron chi connectivity index (χ1n) is 7.51. The molecule has 7 heteroatoms. The van der Waals surface area contributed by atoms with Gasteiger partial charge in [-0.05, 0) is 12.1 Å². The second kappa shape index (κ2) is 11.0. The summed E-state index contributed by atoms with van der Waals surface area (Å²) in [5, 5.41) is 5.28. The molecular weight excluding hydrogens is 312 g/mol. The monoisotopic (exact) mass is 334 g/mol. The molecule has 0 aliphatic rings. The van der Waals surface area contributed by atoms with E-state index in [-0.39, 0.29) is 31.3 Å². The first kappa shape index (κ1) is 19.4. The summed E-state index contributed by atoms with van der Waals surface area (Å²) in [6.07, 6.45) is 1.49. The van der Waals surface area contributed by atoms with Crippen LogP contribution in [0.4, 0.5) is 5.69 Å². The maximum atomic E-state index is 12.0. The van der Waals surface area contributed by atoms with Gasteiger partial charge in [-0.1, -0.05) is 18.2 Å². The van der Waals surface area contributed by atoms with E-state index < -0.39 is 5.97 Å². The first-order chi connectivity index (χ1) is 11.6. The SMILES string of the molecule is C=CCNC(=O)c1ccccc1NC(=O)CCC(=O)OCCOC. The van der Waals surface area contributed by atoms with Crippen molar-refractivity contribution in [1.82, 2.24) is 5.32 Å². The lowest BCUT2D eigenvalue weighted by molar-refractivity contribution is -0.145. The number of methoxy groups -OCH3 is 1. The van der Waals surface area contributed by atoms with Crippen molar-refractivity contribution in [2.75, 3.05) is 32.2 Å². The van der Waals surface area contributed by atoms with Crippen LogP contribution >= 0.6 is 0 Å². The number of para-hydroxylation sites is 1. The smallest absolute Gasteiger partial charge is 0.306 e. The van der Waals surface area contributed by atoms with Crippen LogP contribution in [0.2, 0.25) is 0 Å². The molecule has 0 radical (unpaired) electrons. The van der Waals surface area contributed by atoms with Crippen molar-refractivity contribution in [2.24, 2.45) is 0 Å². The Morgan fingerprint density at radius 2 is 1.92 bits per heavy atom. The minimum absolute atomic E-state index is 0.0333. The summed E-state index contributed by atoms with van der Waals surface area (Å²) in [6, 6.07) is 6.63. The van der Waals surface area contributed by atoms with Crippen molar-refractivity contribution in [3.8, 4) is 0 Å². The second-order valence-corrected chi connectivity index (χ2v) is 4.81. The third kappa shape index (κ3) is 7.06. The van der Waals surface area contributed by atoms with Crippen molar-refractivity contribution in [3.05, 3.63) is 42.5 Å². The van der Waals surface area contributed by atoms with E-state index >= 15 is 0 Å². The molecule has 0 aromatic heterocycles. The number of benzene rings is 1. The van der Waals surface area contributed by atoms with E-state index in [1.165, 1.54) is 7.11 Å². The van der Waals surface area contributed by atoms with Crippen LogP contribution in [-0.4, -0.2) is 44.7 Å². The molecule has 0 spiro atoms. The largest absolute Gasteiger partial charge is 0.463 e. The van der Waals surface area contributed by atoms with Crippen LogP contribution in [0, 0.1) is 0 Å². The number of nitrogens with one attached hydrogen (secondary N) is 2. The van der Waals surface area contributed by atoms with Gasteiger partial charge in [0.25, 0.3) is 5.91 Å². The van der Waals surface area contributed by atoms with Crippen LogP contribution in [0.3, 0.4) is 0 Å². The number of carbonyl (C=O) groups excluding carboxylic acids is 3. The van der Waals surface area contributed by atoms with Gasteiger partial charge in [-0.15, -0.1) is 6.58 Å². The normalized spacial score (nSPS) is 9.88. The number of rotatable bonds is 10. The lowest BCUT2D eigenvalue weighted by Gasteiger charge is -2.10. The molecule has 0 atom stereocenters. The minimum atomic E-state index is -0.473. The summed E-state index contributed by atoms with van der Waals surface area (Å²) in [5.74, 6) is -1.16. The van der Waals surface area contributed by atoms with Gasteiger partial charge >= 0.3 is 5.97 Å².